The highest BCUT2D eigenvalue weighted by Gasteiger charge is 2.36. The first-order chi connectivity index (χ1) is 13.2. The molecule has 0 radical (unpaired) electrons. The molecule has 8 heteroatoms. The highest BCUT2D eigenvalue weighted by Crippen LogP contribution is 2.23. The standard InChI is InChI=1S/C20H25NO6S/c1-4-21(16-7-8-28(24,25)12-16)20(23)14(3)27-19(22)10-15-11-26-18-9-13(2)5-6-17(15)18/h5-6,9,11,14,16H,4,7-8,10,12H2,1-3H3. The van der Waals surface area contributed by atoms with Crippen LogP contribution in [0.5, 0.6) is 0 Å². The van der Waals surface area contributed by atoms with Crippen LogP contribution >= 0.6 is 0 Å². The first-order valence-electron chi connectivity index (χ1n) is 9.37. The highest BCUT2D eigenvalue weighted by molar-refractivity contribution is 7.91. The number of hydrogen-bond acceptors (Lipinski definition) is 6. The number of carbonyl (C=O) groups excluding carboxylic acids is 2. The fourth-order valence-electron chi connectivity index (χ4n) is 3.62. The number of carbonyl (C=O) groups is 2. The normalized spacial score (nSPS) is 19.5. The molecule has 0 aliphatic carbocycles. The molecule has 0 saturated carbocycles. The third-order valence-corrected chi connectivity index (χ3v) is 6.83. The first-order valence-corrected chi connectivity index (χ1v) is 11.2. The summed E-state index contributed by atoms with van der Waals surface area (Å²) in [6, 6.07) is 5.37. The van der Waals surface area contributed by atoms with E-state index in [1.807, 2.05) is 25.1 Å². The van der Waals surface area contributed by atoms with Crippen molar-refractivity contribution in [3.63, 3.8) is 0 Å². The molecule has 152 valence electrons. The highest BCUT2D eigenvalue weighted by atomic mass is 32.2. The van der Waals surface area contributed by atoms with E-state index >= 15 is 0 Å². The molecule has 0 N–H and O–H groups in total. The van der Waals surface area contributed by atoms with Crippen molar-refractivity contribution in [2.45, 2.75) is 45.8 Å². The van der Waals surface area contributed by atoms with E-state index in [0.29, 0.717) is 24.1 Å². The fourth-order valence-corrected chi connectivity index (χ4v) is 5.35. The number of furan rings is 1. The van der Waals surface area contributed by atoms with Gasteiger partial charge in [-0.15, -0.1) is 0 Å². The zero-order chi connectivity index (χ0) is 20.5. The first kappa shape index (κ1) is 20.4. The maximum atomic E-state index is 12.7. The summed E-state index contributed by atoms with van der Waals surface area (Å²) < 4.78 is 34.2. The van der Waals surface area contributed by atoms with E-state index in [9.17, 15) is 18.0 Å². The van der Waals surface area contributed by atoms with Gasteiger partial charge in [0.2, 0.25) is 0 Å². The number of sulfone groups is 1. The number of likely N-dealkylation sites (N-methyl/N-ethyl adjacent to an activating group) is 1. The van der Waals surface area contributed by atoms with Crippen molar-refractivity contribution in [1.29, 1.82) is 0 Å². The van der Waals surface area contributed by atoms with E-state index in [1.54, 1.807) is 6.92 Å². The number of benzene rings is 1. The average Bonchev–Trinajstić information content (AvgIpc) is 3.18. The van der Waals surface area contributed by atoms with Gasteiger partial charge < -0.3 is 14.1 Å². The van der Waals surface area contributed by atoms with E-state index < -0.39 is 21.9 Å². The van der Waals surface area contributed by atoms with Crippen LogP contribution in [0.25, 0.3) is 11.0 Å². The van der Waals surface area contributed by atoms with Crippen LogP contribution in [0, 0.1) is 6.92 Å². The summed E-state index contributed by atoms with van der Waals surface area (Å²) in [7, 11) is -3.10. The van der Waals surface area contributed by atoms with E-state index in [4.69, 9.17) is 9.15 Å². The zero-order valence-electron chi connectivity index (χ0n) is 16.3. The fraction of sp³-hybridized carbons (Fsp3) is 0.500. The zero-order valence-corrected chi connectivity index (χ0v) is 17.1. The molecule has 3 rings (SSSR count). The van der Waals surface area contributed by atoms with Gasteiger partial charge in [0.1, 0.15) is 5.58 Å². The Kier molecular flexibility index (Phi) is 5.79. The van der Waals surface area contributed by atoms with Crippen molar-refractivity contribution in [2.75, 3.05) is 18.1 Å². The van der Waals surface area contributed by atoms with E-state index in [0.717, 1.165) is 10.9 Å². The van der Waals surface area contributed by atoms with Gasteiger partial charge in [0, 0.05) is 23.5 Å². The third-order valence-electron chi connectivity index (χ3n) is 5.07. The van der Waals surface area contributed by atoms with E-state index in [1.165, 1.54) is 18.1 Å². The molecular formula is C20H25NO6S. The van der Waals surface area contributed by atoms with Gasteiger partial charge in [-0.1, -0.05) is 12.1 Å². The molecule has 28 heavy (non-hydrogen) atoms. The molecule has 1 aliphatic rings. The van der Waals surface area contributed by atoms with Gasteiger partial charge in [0.25, 0.3) is 5.91 Å². The second-order valence-electron chi connectivity index (χ2n) is 7.25. The number of rotatable bonds is 6. The second-order valence-corrected chi connectivity index (χ2v) is 9.48. The summed E-state index contributed by atoms with van der Waals surface area (Å²) in [6.07, 6.45) is 0.969. The van der Waals surface area contributed by atoms with Crippen molar-refractivity contribution in [2.24, 2.45) is 0 Å². The molecule has 2 aromatic rings. The minimum atomic E-state index is -3.10. The lowest BCUT2D eigenvalue weighted by atomic mass is 10.1. The Balaban J connectivity index is 1.63. The summed E-state index contributed by atoms with van der Waals surface area (Å²) in [5.74, 6) is -0.846. The third kappa shape index (κ3) is 4.38. The van der Waals surface area contributed by atoms with Gasteiger partial charge in [-0.2, -0.15) is 0 Å². The van der Waals surface area contributed by atoms with Crippen molar-refractivity contribution in [1.82, 2.24) is 4.90 Å². The lowest BCUT2D eigenvalue weighted by molar-refractivity contribution is -0.159. The molecule has 1 amide bonds. The lowest BCUT2D eigenvalue weighted by Crippen LogP contribution is -2.46. The number of fused-ring (bicyclic) bond motifs is 1. The van der Waals surface area contributed by atoms with E-state index in [2.05, 4.69) is 0 Å². The molecular weight excluding hydrogens is 382 g/mol. The Labute approximate surface area is 164 Å². The molecule has 2 heterocycles. The number of aryl methyl sites for hydroxylation is 1. The number of esters is 1. The van der Waals surface area contributed by atoms with Gasteiger partial charge in [-0.05, 0) is 38.8 Å². The quantitative estimate of drug-likeness (QED) is 0.682. The van der Waals surface area contributed by atoms with Crippen LogP contribution in [-0.2, 0) is 30.6 Å². The van der Waals surface area contributed by atoms with E-state index in [-0.39, 0.29) is 29.9 Å². The van der Waals surface area contributed by atoms with Crippen molar-refractivity contribution in [3.05, 3.63) is 35.6 Å². The molecule has 1 aromatic carbocycles. The number of nitrogens with zero attached hydrogens (tertiary/aromatic N) is 1. The smallest absolute Gasteiger partial charge is 0.311 e. The summed E-state index contributed by atoms with van der Waals surface area (Å²) in [5.41, 5.74) is 2.46. The van der Waals surface area contributed by atoms with Gasteiger partial charge in [-0.3, -0.25) is 9.59 Å². The Hall–Kier alpha value is -2.35. The molecule has 7 nitrogen and oxygen atoms in total. The second kappa shape index (κ2) is 7.95. The molecule has 1 saturated heterocycles. The number of ether oxygens (including phenoxy) is 1. The topological polar surface area (TPSA) is 93.9 Å². The molecule has 1 aromatic heterocycles. The number of amides is 1. The molecule has 2 unspecified atom stereocenters. The van der Waals surface area contributed by atoms with Crippen molar-refractivity contribution >= 4 is 32.7 Å². The molecule has 1 fully saturated rings. The summed E-state index contributed by atoms with van der Waals surface area (Å²) in [5, 5.41) is 0.841. The van der Waals surface area contributed by atoms with Crippen LogP contribution in [0.15, 0.2) is 28.9 Å². The maximum absolute atomic E-state index is 12.7. The minimum Gasteiger partial charge on any atom is -0.464 e. The van der Waals surface area contributed by atoms with Crippen molar-refractivity contribution in [3.8, 4) is 0 Å². The van der Waals surface area contributed by atoms with Crippen LogP contribution < -0.4 is 0 Å². The predicted octanol–water partition coefficient (Wildman–Crippen LogP) is 2.25. The Bertz CT molecular complexity index is 993. The molecule has 0 spiro atoms. The molecule has 0 bridgehead atoms. The Morgan fingerprint density at radius 2 is 2.11 bits per heavy atom. The summed E-state index contributed by atoms with van der Waals surface area (Å²) >= 11 is 0. The SMILES string of the molecule is CCN(C(=O)C(C)OC(=O)Cc1coc2cc(C)ccc12)C1CCS(=O)(=O)C1. The summed E-state index contributed by atoms with van der Waals surface area (Å²) in [6.45, 7) is 5.63. The average molecular weight is 407 g/mol. The minimum absolute atomic E-state index is 0.00237. The summed E-state index contributed by atoms with van der Waals surface area (Å²) in [4.78, 5) is 26.5. The Morgan fingerprint density at radius 1 is 1.36 bits per heavy atom. The monoisotopic (exact) mass is 407 g/mol. The predicted molar refractivity (Wildman–Crippen MR) is 105 cm³/mol. The van der Waals surface area contributed by atoms with Crippen LogP contribution in [0.1, 0.15) is 31.4 Å². The Morgan fingerprint density at radius 3 is 2.75 bits per heavy atom. The van der Waals surface area contributed by atoms with Crippen LogP contribution in [0.2, 0.25) is 0 Å². The van der Waals surface area contributed by atoms with Gasteiger partial charge in [-0.25, -0.2) is 8.42 Å². The van der Waals surface area contributed by atoms with Crippen LogP contribution in [0.4, 0.5) is 0 Å². The molecule has 2 atom stereocenters. The lowest BCUT2D eigenvalue weighted by Gasteiger charge is -2.29. The number of hydrogen-bond donors (Lipinski definition) is 0. The van der Waals surface area contributed by atoms with Gasteiger partial charge >= 0.3 is 5.97 Å². The molecule has 1 aliphatic heterocycles. The van der Waals surface area contributed by atoms with Gasteiger partial charge in [0.15, 0.2) is 15.9 Å². The van der Waals surface area contributed by atoms with Crippen LogP contribution in [0.3, 0.4) is 0 Å². The van der Waals surface area contributed by atoms with Crippen LogP contribution in [-0.4, -0.2) is 55.4 Å². The maximum Gasteiger partial charge on any atom is 0.311 e. The van der Waals surface area contributed by atoms with Crippen molar-refractivity contribution < 1.29 is 27.2 Å². The largest absolute Gasteiger partial charge is 0.464 e. The van der Waals surface area contributed by atoms with Gasteiger partial charge in [0.05, 0.1) is 24.2 Å².